The second-order valence-corrected chi connectivity index (χ2v) is 12.3. The van der Waals surface area contributed by atoms with Gasteiger partial charge in [0.1, 0.15) is 28.7 Å². The number of aliphatic hydroxyl groups is 3. The largest absolute Gasteiger partial charge is 0.508 e. The van der Waals surface area contributed by atoms with E-state index in [4.69, 9.17) is 5.73 Å². The van der Waals surface area contributed by atoms with Crippen molar-refractivity contribution in [2.24, 2.45) is 29.4 Å². The molecule has 0 bridgehead atoms. The van der Waals surface area contributed by atoms with Gasteiger partial charge in [-0.2, -0.15) is 0 Å². The molecule has 0 radical (unpaired) electrons. The Bertz CT molecular complexity index is 1380. The summed E-state index contributed by atoms with van der Waals surface area (Å²) in [5, 5.41) is 44.7. The van der Waals surface area contributed by atoms with Crippen LogP contribution < -0.4 is 5.73 Å². The van der Waals surface area contributed by atoms with Crippen LogP contribution in [0.15, 0.2) is 23.0 Å². The normalized spacial score (nSPS) is 32.7. The zero-order chi connectivity index (χ0) is 29.4. The zero-order valence-electron chi connectivity index (χ0n) is 23.1. The highest BCUT2D eigenvalue weighted by molar-refractivity contribution is 6.24. The summed E-state index contributed by atoms with van der Waals surface area (Å²) >= 11 is 0. The summed E-state index contributed by atoms with van der Waals surface area (Å²) < 4.78 is 16.0. The lowest BCUT2D eigenvalue weighted by Crippen LogP contribution is -2.65. The Hall–Kier alpha value is -3.28. The van der Waals surface area contributed by atoms with Crippen molar-refractivity contribution >= 4 is 23.2 Å². The number of likely N-dealkylation sites (tertiary alicyclic amines) is 1. The van der Waals surface area contributed by atoms with E-state index in [9.17, 15) is 34.8 Å². The molecule has 40 heavy (non-hydrogen) atoms. The summed E-state index contributed by atoms with van der Waals surface area (Å²) in [6.07, 6.45) is 0.924. The summed E-state index contributed by atoms with van der Waals surface area (Å²) in [7, 11) is 3.06. The molecule has 1 aromatic rings. The summed E-state index contributed by atoms with van der Waals surface area (Å²) in [6.45, 7) is 6.14. The van der Waals surface area contributed by atoms with Gasteiger partial charge in [-0.3, -0.25) is 24.2 Å². The van der Waals surface area contributed by atoms with Crippen LogP contribution in [-0.4, -0.2) is 86.5 Å². The average Bonchev–Trinajstić information content (AvgIpc) is 2.83. The van der Waals surface area contributed by atoms with Crippen LogP contribution in [-0.2, 0) is 27.3 Å². The zero-order valence-corrected chi connectivity index (χ0v) is 23.1. The Labute approximate surface area is 231 Å². The fourth-order valence-electron chi connectivity index (χ4n) is 7.62. The minimum Gasteiger partial charge on any atom is -0.508 e. The molecule has 0 unspecified atom stereocenters. The van der Waals surface area contributed by atoms with Crippen molar-refractivity contribution in [2.45, 2.75) is 51.3 Å². The third-order valence-corrected chi connectivity index (χ3v) is 9.07. The number of hydrogen-bond donors (Lipinski definition) is 5. The van der Waals surface area contributed by atoms with Gasteiger partial charge in [-0.1, -0.05) is 13.8 Å². The number of carbonyl (C=O) groups is 3. The number of phenols is 1. The van der Waals surface area contributed by atoms with Crippen molar-refractivity contribution < 1.29 is 39.2 Å². The summed E-state index contributed by atoms with van der Waals surface area (Å²) in [6, 6.07) is 0.0642. The number of ketones is 2. The maximum atomic E-state index is 16.0. The van der Waals surface area contributed by atoms with Crippen LogP contribution in [0.25, 0.3) is 5.76 Å². The van der Waals surface area contributed by atoms with Gasteiger partial charge in [0, 0.05) is 42.3 Å². The van der Waals surface area contributed by atoms with Crippen molar-refractivity contribution in [3.63, 3.8) is 0 Å². The molecule has 2 fully saturated rings. The monoisotopic (exact) mass is 557 g/mol. The van der Waals surface area contributed by atoms with Gasteiger partial charge >= 0.3 is 0 Å². The van der Waals surface area contributed by atoms with Crippen LogP contribution in [0, 0.1) is 29.5 Å². The van der Waals surface area contributed by atoms with E-state index in [2.05, 4.69) is 18.7 Å². The first-order valence-corrected chi connectivity index (χ1v) is 13.6. The van der Waals surface area contributed by atoms with Gasteiger partial charge in [0.05, 0.1) is 11.6 Å². The second-order valence-electron chi connectivity index (χ2n) is 12.3. The molecular weight excluding hydrogens is 521 g/mol. The molecule has 11 heteroatoms. The molecule has 6 N–H and O–H groups in total. The fraction of sp³-hybridized carbons (Fsp3) is 0.552. The van der Waals surface area contributed by atoms with Crippen molar-refractivity contribution in [3.8, 4) is 5.75 Å². The van der Waals surface area contributed by atoms with E-state index in [1.54, 1.807) is 0 Å². The molecule has 4 aliphatic rings. The fourth-order valence-corrected chi connectivity index (χ4v) is 7.62. The topological polar surface area (TPSA) is 165 Å². The van der Waals surface area contributed by atoms with Crippen LogP contribution in [0.2, 0.25) is 0 Å². The number of halogens is 1. The van der Waals surface area contributed by atoms with Crippen molar-refractivity contribution in [2.75, 3.05) is 27.2 Å². The molecule has 1 aliphatic heterocycles. The van der Waals surface area contributed by atoms with E-state index in [0.717, 1.165) is 19.5 Å². The number of aromatic hydroxyl groups is 1. The second kappa shape index (κ2) is 9.67. The SMILES string of the molecule is C[C@@H]1C[C@@H](C)CN(Cc2cc(O)c3c(c2F)C[C@H]2C[C@H]4[C@H](N(C)C)C(=O)C(C(N)=O)=C(O)[C@@]4(O)C(=O)C2=C3O)C1. The van der Waals surface area contributed by atoms with Crippen LogP contribution in [0.4, 0.5) is 4.39 Å². The van der Waals surface area contributed by atoms with E-state index in [1.807, 2.05) is 0 Å². The van der Waals surface area contributed by atoms with Gasteiger partial charge in [0.25, 0.3) is 5.91 Å². The number of nitrogens with zero attached hydrogens (tertiary/aromatic N) is 2. The van der Waals surface area contributed by atoms with Gasteiger partial charge in [0.15, 0.2) is 11.4 Å². The molecule has 3 aliphatic carbocycles. The first kappa shape index (κ1) is 28.3. The number of benzene rings is 1. The maximum Gasteiger partial charge on any atom is 0.255 e. The molecule has 1 saturated carbocycles. The highest BCUT2D eigenvalue weighted by atomic mass is 19.1. The van der Waals surface area contributed by atoms with E-state index in [0.29, 0.717) is 11.8 Å². The minimum absolute atomic E-state index is 0.0544. The van der Waals surface area contributed by atoms with Crippen molar-refractivity contribution in [1.82, 2.24) is 9.80 Å². The number of phenolic OH excluding ortho intramolecular Hbond substituents is 1. The number of hydrogen-bond acceptors (Lipinski definition) is 9. The smallest absolute Gasteiger partial charge is 0.255 e. The lowest BCUT2D eigenvalue weighted by Gasteiger charge is -2.50. The quantitative estimate of drug-likeness (QED) is 0.346. The summed E-state index contributed by atoms with van der Waals surface area (Å²) in [5.74, 6) is -7.21. The Morgan fingerprint density at radius 2 is 1.77 bits per heavy atom. The first-order chi connectivity index (χ1) is 18.7. The molecule has 1 amide bonds. The van der Waals surface area contributed by atoms with Crippen LogP contribution >= 0.6 is 0 Å². The number of nitrogens with two attached hydrogens (primary N) is 1. The number of amides is 1. The van der Waals surface area contributed by atoms with Crippen molar-refractivity contribution in [3.05, 3.63) is 45.5 Å². The molecule has 5 rings (SSSR count). The molecule has 6 atom stereocenters. The maximum absolute atomic E-state index is 16.0. The molecule has 1 aromatic carbocycles. The lowest BCUT2D eigenvalue weighted by atomic mass is 9.57. The third-order valence-electron chi connectivity index (χ3n) is 9.07. The summed E-state index contributed by atoms with van der Waals surface area (Å²) in [4.78, 5) is 42.7. The number of carbonyl (C=O) groups excluding carboxylic acids is 3. The molecule has 0 aromatic heterocycles. The van der Waals surface area contributed by atoms with Gasteiger partial charge in [0.2, 0.25) is 5.78 Å². The number of Topliss-reactive ketones (excluding diaryl/α,β-unsaturated/α-hetero) is 2. The van der Waals surface area contributed by atoms with Crippen LogP contribution in [0.1, 0.15) is 43.4 Å². The van der Waals surface area contributed by atoms with Gasteiger partial charge in [-0.05, 0) is 57.2 Å². The lowest BCUT2D eigenvalue weighted by molar-refractivity contribution is -0.153. The predicted molar refractivity (Wildman–Crippen MR) is 142 cm³/mol. The number of likely N-dealkylation sites (N-methyl/N-ethyl adjacent to an activating group) is 1. The Balaban J connectivity index is 1.61. The molecule has 1 saturated heterocycles. The first-order valence-electron chi connectivity index (χ1n) is 13.6. The standard InChI is InChI=1S/C29H36FN3O7/c1-12-5-13(2)10-33(9-12)11-15-8-18(34)20-16(22(15)30)6-14-7-17-23(32(3)4)25(36)21(28(31)39)27(38)29(17,40)26(37)19(14)24(20)35/h8,12-14,17,23,34-35,38,40H,5-7,9-11H2,1-4H3,(H2,31,39)/t12-,13-,14+,17+,23+,29+/m1/s1. The van der Waals surface area contributed by atoms with E-state index < -0.39 is 69.6 Å². The van der Waals surface area contributed by atoms with E-state index >= 15 is 4.39 Å². The van der Waals surface area contributed by atoms with Crippen molar-refractivity contribution in [1.29, 1.82) is 0 Å². The number of piperidine rings is 1. The number of aliphatic hydroxyl groups excluding tert-OH is 2. The Morgan fingerprint density at radius 1 is 1.15 bits per heavy atom. The Morgan fingerprint density at radius 3 is 2.35 bits per heavy atom. The molecule has 10 nitrogen and oxygen atoms in total. The molecule has 216 valence electrons. The summed E-state index contributed by atoms with van der Waals surface area (Å²) in [5.41, 5.74) is 1.53. The number of fused-ring (bicyclic) bond motifs is 3. The minimum atomic E-state index is -2.72. The molecular formula is C29H36FN3O7. The number of rotatable bonds is 4. The molecule has 1 heterocycles. The van der Waals surface area contributed by atoms with E-state index in [-0.39, 0.29) is 41.6 Å². The third kappa shape index (κ3) is 4.05. The van der Waals surface area contributed by atoms with Crippen LogP contribution in [0.3, 0.4) is 0 Å². The van der Waals surface area contributed by atoms with E-state index in [1.165, 1.54) is 25.1 Å². The average molecular weight is 558 g/mol. The highest BCUT2D eigenvalue weighted by Crippen LogP contribution is 2.53. The predicted octanol–water partition coefficient (Wildman–Crippen LogP) is 1.58. The highest BCUT2D eigenvalue weighted by Gasteiger charge is 2.64. The number of primary amides is 1. The molecule has 0 spiro atoms. The van der Waals surface area contributed by atoms with Gasteiger partial charge in [-0.15, -0.1) is 0 Å². The van der Waals surface area contributed by atoms with Crippen LogP contribution in [0.5, 0.6) is 5.75 Å². The van der Waals surface area contributed by atoms with Gasteiger partial charge in [-0.25, -0.2) is 4.39 Å². The van der Waals surface area contributed by atoms with Gasteiger partial charge < -0.3 is 26.2 Å². The Kier molecular flexibility index (Phi) is 6.83.